The van der Waals surface area contributed by atoms with Gasteiger partial charge in [0.15, 0.2) is 5.65 Å². The van der Waals surface area contributed by atoms with Gasteiger partial charge in [-0.1, -0.05) is 11.6 Å². The summed E-state index contributed by atoms with van der Waals surface area (Å²) in [5.74, 6) is 0.632. The highest BCUT2D eigenvalue weighted by molar-refractivity contribution is 6.30. The van der Waals surface area contributed by atoms with Crippen LogP contribution in [0.2, 0.25) is 5.15 Å². The summed E-state index contributed by atoms with van der Waals surface area (Å²) in [6.45, 7) is 2.00. The molecule has 0 N–H and O–H groups in total. The van der Waals surface area contributed by atoms with Crippen molar-refractivity contribution in [1.82, 2.24) is 14.6 Å². The van der Waals surface area contributed by atoms with E-state index in [1.807, 2.05) is 13.0 Å². The van der Waals surface area contributed by atoms with Crippen LogP contribution in [0.1, 0.15) is 17.7 Å². The van der Waals surface area contributed by atoms with Crippen molar-refractivity contribution in [3.8, 4) is 0 Å². The molecule has 0 aliphatic carbocycles. The fourth-order valence-corrected chi connectivity index (χ4v) is 2.06. The molecule has 5 heteroatoms. The third kappa shape index (κ3) is 1.94. The van der Waals surface area contributed by atoms with E-state index in [1.165, 1.54) is 0 Å². The van der Waals surface area contributed by atoms with E-state index in [1.54, 1.807) is 10.7 Å². The Morgan fingerprint density at radius 2 is 2.27 bits per heavy atom. The third-order valence-electron chi connectivity index (χ3n) is 2.40. The fraction of sp³-hybridized carbons (Fsp3) is 0.400. The Bertz CT molecular complexity index is 479. The van der Waals surface area contributed by atoms with Gasteiger partial charge in [-0.15, -0.1) is 11.6 Å². The third-order valence-corrected chi connectivity index (χ3v) is 2.98. The highest BCUT2D eigenvalue weighted by atomic mass is 35.5. The van der Waals surface area contributed by atoms with Gasteiger partial charge in [-0.05, 0) is 19.8 Å². The first-order chi connectivity index (χ1) is 7.24. The van der Waals surface area contributed by atoms with Gasteiger partial charge in [0.2, 0.25) is 0 Å². The van der Waals surface area contributed by atoms with E-state index in [0.717, 1.165) is 29.7 Å². The monoisotopic (exact) mass is 243 g/mol. The first-order valence-corrected chi connectivity index (χ1v) is 5.70. The number of fused-ring (bicyclic) bond motifs is 1. The van der Waals surface area contributed by atoms with Crippen LogP contribution < -0.4 is 0 Å². The van der Waals surface area contributed by atoms with Crippen LogP contribution in [0.25, 0.3) is 5.65 Å². The average Bonchev–Trinajstić information content (AvgIpc) is 2.65. The molecule has 0 atom stereocenters. The minimum atomic E-state index is 0.561. The molecule has 2 aromatic heterocycles. The summed E-state index contributed by atoms with van der Waals surface area (Å²) in [6, 6.07) is 1.84. The Labute approximate surface area is 98.0 Å². The van der Waals surface area contributed by atoms with E-state index < -0.39 is 0 Å². The van der Waals surface area contributed by atoms with Crippen molar-refractivity contribution in [1.29, 1.82) is 0 Å². The summed E-state index contributed by atoms with van der Waals surface area (Å²) in [5, 5.41) is 4.75. The molecule has 0 saturated carbocycles. The van der Waals surface area contributed by atoms with Gasteiger partial charge in [0.25, 0.3) is 0 Å². The summed E-state index contributed by atoms with van der Waals surface area (Å²) in [5.41, 5.74) is 2.86. The van der Waals surface area contributed by atoms with Gasteiger partial charge in [-0.3, -0.25) is 0 Å². The van der Waals surface area contributed by atoms with Crippen molar-refractivity contribution in [3.05, 3.63) is 28.7 Å². The Morgan fingerprint density at radius 1 is 1.47 bits per heavy atom. The lowest BCUT2D eigenvalue weighted by Crippen LogP contribution is -2.03. The van der Waals surface area contributed by atoms with Gasteiger partial charge < -0.3 is 0 Å². The standard InChI is InChI=1S/C10H11Cl2N3/c1-7-8(3-2-5-11)10(12)14-9-4-6-13-15(7)9/h4,6H,2-3,5H2,1H3. The van der Waals surface area contributed by atoms with Crippen LogP contribution in [0, 0.1) is 6.92 Å². The van der Waals surface area contributed by atoms with Crippen LogP contribution in [0.15, 0.2) is 12.3 Å². The lowest BCUT2D eigenvalue weighted by Gasteiger charge is -2.08. The second-order valence-corrected chi connectivity index (χ2v) is 4.10. The van der Waals surface area contributed by atoms with E-state index in [2.05, 4.69) is 10.1 Å². The van der Waals surface area contributed by atoms with Crippen LogP contribution in [-0.2, 0) is 6.42 Å². The molecule has 2 aromatic rings. The molecule has 0 aliphatic rings. The molecule has 0 fully saturated rings. The Kier molecular flexibility index (Phi) is 3.12. The molecule has 80 valence electrons. The predicted molar refractivity (Wildman–Crippen MR) is 61.8 cm³/mol. The molecule has 0 bridgehead atoms. The lowest BCUT2D eigenvalue weighted by molar-refractivity contribution is 0.832. The molecular formula is C10H11Cl2N3. The Balaban J connectivity index is 2.52. The van der Waals surface area contributed by atoms with E-state index in [4.69, 9.17) is 23.2 Å². The molecule has 0 amide bonds. The van der Waals surface area contributed by atoms with E-state index in [-0.39, 0.29) is 0 Å². The molecule has 0 unspecified atom stereocenters. The zero-order valence-electron chi connectivity index (χ0n) is 8.37. The quantitative estimate of drug-likeness (QED) is 0.613. The van der Waals surface area contributed by atoms with Crippen molar-refractivity contribution < 1.29 is 0 Å². The van der Waals surface area contributed by atoms with Gasteiger partial charge in [-0.25, -0.2) is 9.50 Å². The molecule has 15 heavy (non-hydrogen) atoms. The van der Waals surface area contributed by atoms with Crippen LogP contribution in [0.5, 0.6) is 0 Å². The highest BCUT2D eigenvalue weighted by Crippen LogP contribution is 2.20. The molecule has 0 aliphatic heterocycles. The summed E-state index contributed by atoms with van der Waals surface area (Å²) in [6.07, 6.45) is 3.46. The van der Waals surface area contributed by atoms with Crippen LogP contribution in [-0.4, -0.2) is 20.5 Å². The SMILES string of the molecule is Cc1c(CCCCl)c(Cl)nc2ccnn12. The maximum atomic E-state index is 6.11. The summed E-state index contributed by atoms with van der Waals surface area (Å²) < 4.78 is 1.80. The number of hydrogen-bond acceptors (Lipinski definition) is 2. The number of rotatable bonds is 3. The number of halogens is 2. The molecule has 2 heterocycles. The second kappa shape index (κ2) is 4.37. The number of aryl methyl sites for hydroxylation is 1. The van der Waals surface area contributed by atoms with Crippen molar-refractivity contribution in [3.63, 3.8) is 0 Å². The largest absolute Gasteiger partial charge is 0.219 e. The maximum absolute atomic E-state index is 6.11. The Morgan fingerprint density at radius 3 is 3.00 bits per heavy atom. The zero-order chi connectivity index (χ0) is 10.8. The average molecular weight is 244 g/mol. The van der Waals surface area contributed by atoms with E-state index in [0.29, 0.717) is 11.0 Å². The predicted octanol–water partition coefficient (Wildman–Crippen LogP) is 2.86. The van der Waals surface area contributed by atoms with E-state index in [9.17, 15) is 0 Å². The molecular weight excluding hydrogens is 233 g/mol. The van der Waals surface area contributed by atoms with Gasteiger partial charge in [0.05, 0.1) is 6.20 Å². The van der Waals surface area contributed by atoms with Crippen LogP contribution in [0.3, 0.4) is 0 Å². The number of alkyl halides is 1. The first kappa shape index (κ1) is 10.7. The second-order valence-electron chi connectivity index (χ2n) is 3.36. The maximum Gasteiger partial charge on any atom is 0.156 e. The van der Waals surface area contributed by atoms with E-state index >= 15 is 0 Å². The van der Waals surface area contributed by atoms with Gasteiger partial charge in [0, 0.05) is 23.2 Å². The van der Waals surface area contributed by atoms with Crippen molar-refractivity contribution in [2.75, 3.05) is 5.88 Å². The Hall–Kier alpha value is -0.800. The minimum absolute atomic E-state index is 0.561. The smallest absolute Gasteiger partial charge is 0.156 e. The molecule has 0 aromatic carbocycles. The normalized spacial score (nSPS) is 11.1. The van der Waals surface area contributed by atoms with Gasteiger partial charge >= 0.3 is 0 Å². The number of aromatic nitrogens is 3. The minimum Gasteiger partial charge on any atom is -0.219 e. The number of hydrogen-bond donors (Lipinski definition) is 0. The van der Waals surface area contributed by atoms with Crippen LogP contribution >= 0.6 is 23.2 Å². The van der Waals surface area contributed by atoms with Gasteiger partial charge in [-0.2, -0.15) is 5.10 Å². The van der Waals surface area contributed by atoms with Crippen molar-refractivity contribution >= 4 is 28.8 Å². The number of nitrogens with zero attached hydrogens (tertiary/aromatic N) is 3. The van der Waals surface area contributed by atoms with Crippen molar-refractivity contribution in [2.24, 2.45) is 0 Å². The zero-order valence-corrected chi connectivity index (χ0v) is 9.89. The highest BCUT2D eigenvalue weighted by Gasteiger charge is 2.10. The molecule has 3 nitrogen and oxygen atoms in total. The molecule has 2 rings (SSSR count). The molecule has 0 spiro atoms. The van der Waals surface area contributed by atoms with Crippen LogP contribution in [0.4, 0.5) is 0 Å². The lowest BCUT2D eigenvalue weighted by atomic mass is 10.1. The molecule has 0 radical (unpaired) electrons. The summed E-state index contributed by atoms with van der Waals surface area (Å²) >= 11 is 11.8. The molecule has 0 saturated heterocycles. The topological polar surface area (TPSA) is 30.2 Å². The van der Waals surface area contributed by atoms with Gasteiger partial charge in [0.1, 0.15) is 5.15 Å². The fourth-order valence-electron chi connectivity index (χ4n) is 1.61. The first-order valence-electron chi connectivity index (χ1n) is 4.78. The summed E-state index contributed by atoms with van der Waals surface area (Å²) in [7, 11) is 0. The van der Waals surface area contributed by atoms with Crippen molar-refractivity contribution in [2.45, 2.75) is 19.8 Å². The summed E-state index contributed by atoms with van der Waals surface area (Å²) in [4.78, 5) is 4.27.